The van der Waals surface area contributed by atoms with Crippen LogP contribution in [0.3, 0.4) is 0 Å². The average Bonchev–Trinajstić information content (AvgIpc) is 3.02. The van der Waals surface area contributed by atoms with Crippen LogP contribution in [-0.2, 0) is 30.2 Å². The molecule has 11 heteroatoms. The van der Waals surface area contributed by atoms with Gasteiger partial charge in [0.05, 0.1) is 12.7 Å². The van der Waals surface area contributed by atoms with Gasteiger partial charge in [0.25, 0.3) is 0 Å². The number of anilines is 1. The number of hydrogen-bond acceptors (Lipinski definition) is 4. The first-order chi connectivity index (χ1) is 13.0. The van der Waals surface area contributed by atoms with Crippen molar-refractivity contribution in [3.05, 3.63) is 46.6 Å². The first-order valence-electron chi connectivity index (χ1n) is 8.19. The van der Waals surface area contributed by atoms with Crippen molar-refractivity contribution >= 4 is 11.8 Å². The maximum atomic E-state index is 13.3. The van der Waals surface area contributed by atoms with Gasteiger partial charge in [0.15, 0.2) is 5.69 Å². The number of carbonyl (C=O) groups is 1. The average molecular weight is 407 g/mol. The third-order valence-corrected chi connectivity index (χ3v) is 4.31. The molecule has 0 saturated heterocycles. The monoisotopic (exact) mass is 407 g/mol. The second-order valence-corrected chi connectivity index (χ2v) is 6.23. The van der Waals surface area contributed by atoms with Crippen molar-refractivity contribution < 1.29 is 35.9 Å². The summed E-state index contributed by atoms with van der Waals surface area (Å²) in [6.45, 7) is 0.286. The number of nitrogens with zero attached hydrogens (tertiary/aromatic N) is 3. The third kappa shape index (κ3) is 3.78. The van der Waals surface area contributed by atoms with Gasteiger partial charge in [-0.3, -0.25) is 0 Å². The number of fused-ring (bicyclic) bond motifs is 1. The first kappa shape index (κ1) is 20.0. The number of alkyl halides is 6. The number of benzene rings is 1. The van der Waals surface area contributed by atoms with E-state index >= 15 is 0 Å². The molecule has 0 atom stereocenters. The van der Waals surface area contributed by atoms with Crippen LogP contribution in [0.25, 0.3) is 0 Å². The van der Waals surface area contributed by atoms with Crippen LogP contribution in [0.15, 0.2) is 24.3 Å². The molecule has 0 spiro atoms. The van der Waals surface area contributed by atoms with E-state index in [1.54, 1.807) is 0 Å². The highest BCUT2D eigenvalue weighted by Gasteiger charge is 2.44. The van der Waals surface area contributed by atoms with Gasteiger partial charge in [-0.1, -0.05) is 12.1 Å². The summed E-state index contributed by atoms with van der Waals surface area (Å²) in [6.07, 6.45) is -9.00. The summed E-state index contributed by atoms with van der Waals surface area (Å²) in [5.41, 5.74) is -2.72. The Balaban J connectivity index is 2.04. The predicted octanol–water partition coefficient (Wildman–Crippen LogP) is 4.12. The Morgan fingerprint density at radius 1 is 1.14 bits per heavy atom. The number of aromatic nitrogens is 2. The van der Waals surface area contributed by atoms with Gasteiger partial charge >= 0.3 is 18.3 Å². The Bertz CT molecular complexity index is 888. The van der Waals surface area contributed by atoms with E-state index in [9.17, 15) is 31.1 Å². The molecule has 0 bridgehead atoms. The van der Waals surface area contributed by atoms with Gasteiger partial charge in [0.1, 0.15) is 11.4 Å². The third-order valence-electron chi connectivity index (χ3n) is 4.31. The summed E-state index contributed by atoms with van der Waals surface area (Å²) in [5, 5.41) is 3.51. The smallest absolute Gasteiger partial charge is 0.436 e. The zero-order chi connectivity index (χ0) is 20.7. The molecule has 0 aliphatic carbocycles. The Labute approximate surface area is 155 Å². The van der Waals surface area contributed by atoms with Gasteiger partial charge in [0, 0.05) is 19.6 Å². The lowest BCUT2D eigenvalue weighted by atomic mass is 10.1. The largest absolute Gasteiger partial charge is 0.465 e. The van der Waals surface area contributed by atoms with Gasteiger partial charge in [-0.15, -0.1) is 0 Å². The van der Waals surface area contributed by atoms with E-state index in [0.717, 1.165) is 23.9 Å². The fraction of sp³-hybridized carbons (Fsp3) is 0.412. The Hall–Kier alpha value is -2.72. The zero-order valence-corrected chi connectivity index (χ0v) is 14.6. The van der Waals surface area contributed by atoms with E-state index < -0.39 is 35.1 Å². The van der Waals surface area contributed by atoms with E-state index in [0.29, 0.717) is 6.42 Å². The van der Waals surface area contributed by atoms with Crippen molar-refractivity contribution in [2.45, 2.75) is 31.9 Å². The summed E-state index contributed by atoms with van der Waals surface area (Å²) >= 11 is 0. The summed E-state index contributed by atoms with van der Waals surface area (Å²) in [6, 6.07) is 4.50. The van der Waals surface area contributed by atoms with Crippen molar-refractivity contribution in [1.82, 2.24) is 9.78 Å². The molecule has 1 aromatic heterocycles. The van der Waals surface area contributed by atoms with Crippen molar-refractivity contribution in [3.8, 4) is 0 Å². The Morgan fingerprint density at radius 3 is 2.46 bits per heavy atom. The Kier molecular flexibility index (Phi) is 5.02. The number of ether oxygens (including phenoxy) is 1. The van der Waals surface area contributed by atoms with Crippen LogP contribution in [0.5, 0.6) is 0 Å². The number of methoxy groups -OCH3 is 1. The summed E-state index contributed by atoms with van der Waals surface area (Å²) in [5.74, 6) is -1.31. The van der Waals surface area contributed by atoms with Crippen LogP contribution in [0, 0.1) is 0 Å². The van der Waals surface area contributed by atoms with E-state index in [2.05, 4.69) is 9.84 Å². The molecule has 0 fully saturated rings. The van der Waals surface area contributed by atoms with Crippen molar-refractivity contribution in [3.63, 3.8) is 0 Å². The maximum absolute atomic E-state index is 13.3. The molecule has 1 aromatic carbocycles. The lowest BCUT2D eigenvalue weighted by Gasteiger charge is -2.30. The minimum atomic E-state index is -4.88. The molecule has 2 aromatic rings. The van der Waals surface area contributed by atoms with E-state index in [-0.39, 0.29) is 31.0 Å². The van der Waals surface area contributed by atoms with E-state index in [1.807, 2.05) is 0 Å². The number of hydrogen-bond donors (Lipinski definition) is 0. The SMILES string of the molecule is COC(=O)c1c(C(F)(F)F)nn2c1N(Cc1cccc(C(F)(F)F)c1)CCC2. The molecule has 5 nitrogen and oxygen atoms in total. The molecule has 2 heterocycles. The second kappa shape index (κ2) is 7.02. The van der Waals surface area contributed by atoms with Gasteiger partial charge in [-0.05, 0) is 24.1 Å². The topological polar surface area (TPSA) is 47.4 Å². The highest BCUT2D eigenvalue weighted by Crippen LogP contribution is 2.38. The molecule has 0 N–H and O–H groups in total. The lowest BCUT2D eigenvalue weighted by molar-refractivity contribution is -0.142. The number of rotatable bonds is 3. The fourth-order valence-electron chi connectivity index (χ4n) is 3.16. The number of esters is 1. The molecule has 28 heavy (non-hydrogen) atoms. The van der Waals surface area contributed by atoms with Crippen LogP contribution in [0.1, 0.15) is 33.6 Å². The van der Waals surface area contributed by atoms with Gasteiger partial charge in [-0.2, -0.15) is 31.4 Å². The van der Waals surface area contributed by atoms with Crippen LogP contribution in [0.2, 0.25) is 0 Å². The first-order valence-corrected chi connectivity index (χ1v) is 8.19. The van der Waals surface area contributed by atoms with Crippen molar-refractivity contribution in [2.75, 3.05) is 18.6 Å². The van der Waals surface area contributed by atoms with E-state index in [1.165, 1.54) is 17.0 Å². The molecular weight excluding hydrogens is 392 g/mol. The maximum Gasteiger partial charge on any atom is 0.436 e. The lowest BCUT2D eigenvalue weighted by Crippen LogP contribution is -2.33. The minimum absolute atomic E-state index is 0.108. The van der Waals surface area contributed by atoms with Gasteiger partial charge < -0.3 is 9.64 Å². The van der Waals surface area contributed by atoms with Crippen LogP contribution in [-0.4, -0.2) is 29.4 Å². The van der Waals surface area contributed by atoms with Gasteiger partial charge in [0.2, 0.25) is 0 Å². The van der Waals surface area contributed by atoms with E-state index in [4.69, 9.17) is 0 Å². The molecular formula is C17H15F6N3O2. The molecule has 3 rings (SSSR count). The standard InChI is InChI=1S/C17H15F6N3O2/c1-28-15(27)12-13(17(21,22)23)24-26-7-3-6-25(14(12)26)9-10-4-2-5-11(8-10)16(18,19)20/h2,4-5,8H,3,6-7,9H2,1H3. The quantitative estimate of drug-likeness (QED) is 0.568. The highest BCUT2D eigenvalue weighted by molar-refractivity contribution is 5.96. The van der Waals surface area contributed by atoms with Crippen LogP contribution in [0.4, 0.5) is 32.2 Å². The Morgan fingerprint density at radius 2 is 1.86 bits per heavy atom. The highest BCUT2D eigenvalue weighted by atomic mass is 19.4. The molecule has 1 aliphatic rings. The number of carbonyl (C=O) groups excluding carboxylic acids is 1. The molecule has 0 unspecified atom stereocenters. The van der Waals surface area contributed by atoms with Gasteiger partial charge in [-0.25, -0.2) is 9.48 Å². The van der Waals surface area contributed by atoms with Crippen LogP contribution >= 0.6 is 0 Å². The minimum Gasteiger partial charge on any atom is -0.465 e. The normalized spacial score (nSPS) is 14.8. The van der Waals surface area contributed by atoms with Crippen LogP contribution < -0.4 is 4.90 Å². The second-order valence-electron chi connectivity index (χ2n) is 6.23. The predicted molar refractivity (Wildman–Crippen MR) is 85.7 cm³/mol. The summed E-state index contributed by atoms with van der Waals surface area (Å²) in [7, 11) is 0.951. The number of halogens is 6. The number of aryl methyl sites for hydroxylation is 1. The molecule has 0 radical (unpaired) electrons. The fourth-order valence-corrected chi connectivity index (χ4v) is 3.16. The molecule has 152 valence electrons. The summed E-state index contributed by atoms with van der Waals surface area (Å²) in [4.78, 5) is 13.5. The molecule has 0 amide bonds. The zero-order valence-electron chi connectivity index (χ0n) is 14.6. The van der Waals surface area contributed by atoms with Crippen molar-refractivity contribution in [1.29, 1.82) is 0 Å². The summed E-state index contributed by atoms with van der Waals surface area (Å²) < 4.78 is 84.3. The van der Waals surface area contributed by atoms with Crippen molar-refractivity contribution in [2.24, 2.45) is 0 Å². The molecule has 0 saturated carbocycles. The molecule has 1 aliphatic heterocycles.